The van der Waals surface area contributed by atoms with Crippen LogP contribution in [0.15, 0.2) is 50.5 Å². The van der Waals surface area contributed by atoms with Crippen molar-refractivity contribution < 1.29 is 12.8 Å². The van der Waals surface area contributed by atoms with E-state index in [1.54, 1.807) is 6.07 Å². The third kappa shape index (κ3) is 2.63. The number of fused-ring (bicyclic) bond motifs is 2. The lowest BCUT2D eigenvalue weighted by atomic mass is 10.1. The number of hydrogen-bond acceptors (Lipinski definition) is 5. The summed E-state index contributed by atoms with van der Waals surface area (Å²) in [6, 6.07) is 10.5. The molecule has 0 aliphatic carbocycles. The van der Waals surface area contributed by atoms with Gasteiger partial charge < -0.3 is 9.32 Å². The summed E-state index contributed by atoms with van der Waals surface area (Å²) in [6.45, 7) is 2.53. The van der Waals surface area contributed by atoms with E-state index in [-0.39, 0.29) is 10.5 Å². The van der Waals surface area contributed by atoms with Crippen LogP contribution in [0, 0.1) is 0 Å². The molecule has 2 aliphatic rings. The molecule has 7 nitrogen and oxygen atoms in total. The molecular formula is C19H19N3O4S. The van der Waals surface area contributed by atoms with Crippen molar-refractivity contribution in [1.82, 2.24) is 4.98 Å². The van der Waals surface area contributed by atoms with E-state index < -0.39 is 15.8 Å². The second-order valence-corrected chi connectivity index (χ2v) is 8.87. The Morgan fingerprint density at radius 1 is 1.00 bits per heavy atom. The zero-order valence-electron chi connectivity index (χ0n) is 14.6. The van der Waals surface area contributed by atoms with Gasteiger partial charge in [-0.1, -0.05) is 0 Å². The van der Waals surface area contributed by atoms with Crippen molar-refractivity contribution in [2.75, 3.05) is 28.8 Å². The molecule has 2 aromatic carbocycles. The van der Waals surface area contributed by atoms with Crippen molar-refractivity contribution in [2.24, 2.45) is 0 Å². The van der Waals surface area contributed by atoms with Crippen molar-refractivity contribution in [3.63, 3.8) is 0 Å². The standard InChI is InChI=1S/C19H19N3O4S/c23-19-20-16-5-4-15(12-18(16)26-19)27(24,25)22-10-7-13-11-14(3-6-17(13)22)21-8-1-2-9-21/h3-6,11-12H,1-2,7-10H2,(H,20,23). The second-order valence-electron chi connectivity index (χ2n) is 7.01. The molecule has 27 heavy (non-hydrogen) atoms. The smallest absolute Gasteiger partial charge is 0.408 e. The number of rotatable bonds is 3. The van der Waals surface area contributed by atoms with Crippen molar-refractivity contribution >= 4 is 32.5 Å². The first-order valence-electron chi connectivity index (χ1n) is 9.06. The molecule has 3 heterocycles. The summed E-state index contributed by atoms with van der Waals surface area (Å²) in [6.07, 6.45) is 3.10. The minimum Gasteiger partial charge on any atom is -0.408 e. The van der Waals surface area contributed by atoms with E-state index in [0.717, 1.165) is 24.3 Å². The van der Waals surface area contributed by atoms with Crippen LogP contribution in [0.4, 0.5) is 11.4 Å². The predicted octanol–water partition coefficient (Wildman–Crippen LogP) is 2.47. The molecule has 5 rings (SSSR count). The maximum atomic E-state index is 13.2. The Hall–Kier alpha value is -2.74. The van der Waals surface area contributed by atoms with E-state index in [1.165, 1.54) is 35.0 Å². The Kier molecular flexibility index (Phi) is 3.58. The molecule has 0 unspecified atom stereocenters. The summed E-state index contributed by atoms with van der Waals surface area (Å²) >= 11 is 0. The molecule has 0 spiro atoms. The van der Waals surface area contributed by atoms with Gasteiger partial charge in [0.05, 0.1) is 16.1 Å². The van der Waals surface area contributed by atoms with Gasteiger partial charge >= 0.3 is 5.76 Å². The van der Waals surface area contributed by atoms with Crippen LogP contribution in [0.2, 0.25) is 0 Å². The number of nitrogens with zero attached hydrogens (tertiary/aromatic N) is 2. The topological polar surface area (TPSA) is 86.6 Å². The number of oxazole rings is 1. The van der Waals surface area contributed by atoms with Gasteiger partial charge in [-0.25, -0.2) is 13.2 Å². The molecule has 2 aliphatic heterocycles. The Labute approximate surface area is 156 Å². The zero-order valence-corrected chi connectivity index (χ0v) is 15.5. The molecule has 0 atom stereocenters. The van der Waals surface area contributed by atoms with E-state index in [4.69, 9.17) is 4.42 Å². The van der Waals surface area contributed by atoms with Gasteiger partial charge in [0.15, 0.2) is 5.58 Å². The van der Waals surface area contributed by atoms with Crippen LogP contribution in [-0.2, 0) is 16.4 Å². The van der Waals surface area contributed by atoms with Gasteiger partial charge in [-0.15, -0.1) is 0 Å². The fraction of sp³-hybridized carbons (Fsp3) is 0.316. The van der Waals surface area contributed by atoms with Gasteiger partial charge in [-0.05, 0) is 55.2 Å². The Morgan fingerprint density at radius 2 is 1.81 bits per heavy atom. The van der Waals surface area contributed by atoms with Crippen LogP contribution in [0.5, 0.6) is 0 Å². The first kappa shape index (κ1) is 16.4. The van der Waals surface area contributed by atoms with Crippen LogP contribution in [0.1, 0.15) is 18.4 Å². The monoisotopic (exact) mass is 385 g/mol. The molecule has 1 N–H and O–H groups in total. The molecule has 8 heteroatoms. The number of aromatic nitrogens is 1. The van der Waals surface area contributed by atoms with Crippen LogP contribution >= 0.6 is 0 Å². The molecule has 1 fully saturated rings. The largest absolute Gasteiger partial charge is 0.417 e. The summed E-state index contributed by atoms with van der Waals surface area (Å²) < 4.78 is 32.8. The molecule has 0 saturated carbocycles. The van der Waals surface area contributed by atoms with Gasteiger partial charge in [0, 0.05) is 31.4 Å². The van der Waals surface area contributed by atoms with Gasteiger partial charge in [0.1, 0.15) is 0 Å². The van der Waals surface area contributed by atoms with Gasteiger partial charge in [-0.2, -0.15) is 0 Å². The highest BCUT2D eigenvalue weighted by molar-refractivity contribution is 7.92. The molecule has 0 bridgehead atoms. The molecule has 1 saturated heterocycles. The second kappa shape index (κ2) is 5.88. The Morgan fingerprint density at radius 3 is 2.63 bits per heavy atom. The highest BCUT2D eigenvalue weighted by Crippen LogP contribution is 2.36. The lowest BCUT2D eigenvalue weighted by Gasteiger charge is -2.21. The van der Waals surface area contributed by atoms with E-state index in [1.807, 2.05) is 12.1 Å². The van der Waals surface area contributed by atoms with Crippen LogP contribution in [0.25, 0.3) is 11.1 Å². The fourth-order valence-corrected chi connectivity index (χ4v) is 5.51. The third-order valence-corrected chi connectivity index (χ3v) is 7.18. The van der Waals surface area contributed by atoms with E-state index in [0.29, 0.717) is 18.5 Å². The maximum Gasteiger partial charge on any atom is 0.417 e. The lowest BCUT2D eigenvalue weighted by molar-refractivity contribution is 0.554. The summed E-state index contributed by atoms with van der Waals surface area (Å²) in [5.74, 6) is -0.597. The highest BCUT2D eigenvalue weighted by atomic mass is 32.2. The van der Waals surface area contributed by atoms with Crippen molar-refractivity contribution in [1.29, 1.82) is 0 Å². The minimum atomic E-state index is -3.72. The molecule has 140 valence electrons. The van der Waals surface area contributed by atoms with E-state index in [2.05, 4.69) is 16.0 Å². The molecule has 1 aromatic heterocycles. The first-order valence-corrected chi connectivity index (χ1v) is 10.5. The average Bonchev–Trinajstić information content (AvgIpc) is 3.38. The molecule has 0 radical (unpaired) electrons. The van der Waals surface area contributed by atoms with Gasteiger partial charge in [-0.3, -0.25) is 9.29 Å². The van der Waals surface area contributed by atoms with Crippen LogP contribution in [0.3, 0.4) is 0 Å². The molecular weight excluding hydrogens is 366 g/mol. The maximum absolute atomic E-state index is 13.2. The fourth-order valence-electron chi connectivity index (χ4n) is 3.99. The third-order valence-electron chi connectivity index (χ3n) is 5.37. The summed E-state index contributed by atoms with van der Waals surface area (Å²) in [5, 5.41) is 0. The first-order chi connectivity index (χ1) is 13.0. The molecule has 3 aromatic rings. The summed E-state index contributed by atoms with van der Waals surface area (Å²) in [4.78, 5) is 16.3. The zero-order chi connectivity index (χ0) is 18.6. The minimum absolute atomic E-state index is 0.120. The van der Waals surface area contributed by atoms with Gasteiger partial charge in [0.25, 0.3) is 10.0 Å². The normalized spacial score (nSPS) is 17.0. The highest BCUT2D eigenvalue weighted by Gasteiger charge is 2.31. The summed E-state index contributed by atoms with van der Waals surface area (Å²) in [7, 11) is -3.72. The number of nitrogens with one attached hydrogen (secondary N) is 1. The van der Waals surface area contributed by atoms with E-state index in [9.17, 15) is 13.2 Å². The van der Waals surface area contributed by atoms with Crippen molar-refractivity contribution in [3.8, 4) is 0 Å². The Bertz CT molecular complexity index is 1190. The lowest BCUT2D eigenvalue weighted by Crippen LogP contribution is -2.29. The van der Waals surface area contributed by atoms with Crippen LogP contribution < -0.4 is 15.0 Å². The number of benzene rings is 2. The number of hydrogen-bond donors (Lipinski definition) is 1. The van der Waals surface area contributed by atoms with E-state index >= 15 is 0 Å². The van der Waals surface area contributed by atoms with Gasteiger partial charge in [0.2, 0.25) is 0 Å². The Balaban J connectivity index is 1.52. The summed E-state index contributed by atoms with van der Waals surface area (Å²) in [5.41, 5.74) is 3.67. The number of aromatic amines is 1. The predicted molar refractivity (Wildman–Crippen MR) is 103 cm³/mol. The quantitative estimate of drug-likeness (QED) is 0.748. The number of H-pyrrole nitrogens is 1. The van der Waals surface area contributed by atoms with Crippen molar-refractivity contribution in [2.45, 2.75) is 24.2 Å². The SMILES string of the molecule is O=c1[nH]c2ccc(S(=O)(=O)N3CCc4cc(N5CCCC5)ccc43)cc2o1. The number of anilines is 2. The average molecular weight is 385 g/mol. The number of sulfonamides is 1. The van der Waals surface area contributed by atoms with Crippen molar-refractivity contribution in [3.05, 3.63) is 52.5 Å². The molecule has 0 amide bonds. The van der Waals surface area contributed by atoms with Crippen LogP contribution in [-0.4, -0.2) is 33.0 Å².